The standard InChI is InChI=1S/C12H15N3O6.C8H5NO4/c1-13(20-3)11(16)8-5-9(12(17)14(2)21-4)7-10(6-8)15(18)19;10-4-6-1-7(5-11)3-8(2-6)9(12)13/h5-7H,1-4H3;1-5H. The Kier molecular flexibility index (Phi) is 10.1. The molecule has 0 unspecified atom stereocenters. The van der Waals surface area contributed by atoms with Crippen molar-refractivity contribution in [2.24, 2.45) is 0 Å². The van der Waals surface area contributed by atoms with Crippen LogP contribution in [0.25, 0.3) is 0 Å². The first-order valence-corrected chi connectivity index (χ1v) is 9.12. The fraction of sp³-hybridized carbons (Fsp3) is 0.200. The highest BCUT2D eigenvalue weighted by molar-refractivity contribution is 6.00. The van der Waals surface area contributed by atoms with E-state index in [0.29, 0.717) is 12.6 Å². The zero-order valence-corrected chi connectivity index (χ0v) is 18.5. The molecule has 14 heteroatoms. The molecule has 0 radical (unpaired) electrons. The summed E-state index contributed by atoms with van der Waals surface area (Å²) in [6.45, 7) is 0. The SMILES string of the molecule is CON(C)C(=O)c1cc(C(=O)N(C)OC)cc([N+](=O)[O-])c1.O=Cc1cc(C=O)cc([N+](=O)[O-])c1. The molecule has 2 aromatic carbocycles. The second-order valence-corrected chi connectivity index (χ2v) is 6.35. The number of amides is 2. The lowest BCUT2D eigenvalue weighted by Crippen LogP contribution is -2.28. The Balaban J connectivity index is 0.000000380. The summed E-state index contributed by atoms with van der Waals surface area (Å²) < 4.78 is 0. The van der Waals surface area contributed by atoms with Crippen LogP contribution < -0.4 is 0 Å². The summed E-state index contributed by atoms with van der Waals surface area (Å²) >= 11 is 0. The smallest absolute Gasteiger partial charge is 0.277 e. The monoisotopic (exact) mass is 476 g/mol. The zero-order chi connectivity index (χ0) is 26.0. The maximum Gasteiger partial charge on any atom is 0.277 e. The van der Waals surface area contributed by atoms with Gasteiger partial charge in [0.05, 0.1) is 24.1 Å². The van der Waals surface area contributed by atoms with Gasteiger partial charge in [-0.2, -0.15) is 0 Å². The number of aldehydes is 2. The van der Waals surface area contributed by atoms with E-state index < -0.39 is 21.7 Å². The lowest BCUT2D eigenvalue weighted by Gasteiger charge is -2.16. The fourth-order valence-corrected chi connectivity index (χ4v) is 2.39. The first-order valence-electron chi connectivity index (χ1n) is 9.12. The quantitative estimate of drug-likeness (QED) is 0.311. The van der Waals surface area contributed by atoms with Crippen molar-refractivity contribution in [3.8, 4) is 0 Å². The molecule has 0 spiro atoms. The summed E-state index contributed by atoms with van der Waals surface area (Å²) in [6.07, 6.45) is 0.917. The normalized spacial score (nSPS) is 9.76. The molecule has 0 fully saturated rings. The third kappa shape index (κ3) is 7.25. The van der Waals surface area contributed by atoms with Crippen molar-refractivity contribution in [3.05, 3.63) is 78.9 Å². The first kappa shape index (κ1) is 27.5. The van der Waals surface area contributed by atoms with Crippen LogP contribution >= 0.6 is 0 Å². The lowest BCUT2D eigenvalue weighted by molar-refractivity contribution is -0.385. The molecule has 0 heterocycles. The van der Waals surface area contributed by atoms with E-state index in [1.807, 2.05) is 0 Å². The van der Waals surface area contributed by atoms with Crippen molar-refractivity contribution in [1.82, 2.24) is 10.1 Å². The second kappa shape index (κ2) is 12.5. The van der Waals surface area contributed by atoms with Gasteiger partial charge < -0.3 is 0 Å². The van der Waals surface area contributed by atoms with E-state index in [1.165, 1.54) is 40.4 Å². The van der Waals surface area contributed by atoms with Crippen molar-refractivity contribution in [3.63, 3.8) is 0 Å². The lowest BCUT2D eigenvalue weighted by atomic mass is 10.1. The van der Waals surface area contributed by atoms with Crippen LogP contribution in [0.1, 0.15) is 41.4 Å². The zero-order valence-electron chi connectivity index (χ0n) is 18.5. The predicted molar refractivity (Wildman–Crippen MR) is 115 cm³/mol. The van der Waals surface area contributed by atoms with E-state index in [-0.39, 0.29) is 33.6 Å². The summed E-state index contributed by atoms with van der Waals surface area (Å²) in [5.41, 5.74) is -0.472. The number of hydroxylamine groups is 4. The van der Waals surface area contributed by atoms with Gasteiger partial charge in [0.15, 0.2) is 0 Å². The Hall–Kier alpha value is -4.56. The van der Waals surface area contributed by atoms with E-state index in [1.54, 1.807) is 0 Å². The maximum absolute atomic E-state index is 12.0. The summed E-state index contributed by atoms with van der Waals surface area (Å²) in [5, 5.41) is 23.0. The molecule has 34 heavy (non-hydrogen) atoms. The van der Waals surface area contributed by atoms with Gasteiger partial charge in [0.1, 0.15) is 12.6 Å². The van der Waals surface area contributed by atoms with Crippen LogP contribution in [0.3, 0.4) is 0 Å². The Morgan fingerprint density at radius 3 is 1.38 bits per heavy atom. The molecule has 0 bridgehead atoms. The van der Waals surface area contributed by atoms with Gasteiger partial charge in [0, 0.05) is 60.6 Å². The van der Waals surface area contributed by atoms with Gasteiger partial charge in [0.25, 0.3) is 23.2 Å². The molecular weight excluding hydrogens is 456 g/mol. The van der Waals surface area contributed by atoms with E-state index in [4.69, 9.17) is 9.68 Å². The molecule has 0 saturated carbocycles. The molecule has 2 amide bonds. The molecule has 0 aliphatic carbocycles. The van der Waals surface area contributed by atoms with Crippen LogP contribution in [0.4, 0.5) is 11.4 Å². The number of benzene rings is 2. The average Bonchev–Trinajstić information content (AvgIpc) is 2.86. The molecule has 0 aliphatic rings. The third-order valence-corrected chi connectivity index (χ3v) is 4.19. The molecule has 0 N–H and O–H groups in total. The van der Waals surface area contributed by atoms with Crippen LogP contribution in [0.5, 0.6) is 0 Å². The van der Waals surface area contributed by atoms with E-state index in [2.05, 4.69) is 0 Å². The molecule has 0 aromatic heterocycles. The third-order valence-electron chi connectivity index (χ3n) is 4.19. The maximum atomic E-state index is 12.0. The van der Waals surface area contributed by atoms with Crippen molar-refractivity contribution in [2.45, 2.75) is 0 Å². The molecular formula is C20H20N4O10. The topological polar surface area (TPSA) is 179 Å². The second-order valence-electron chi connectivity index (χ2n) is 6.35. The van der Waals surface area contributed by atoms with Crippen molar-refractivity contribution in [1.29, 1.82) is 0 Å². The fourth-order valence-electron chi connectivity index (χ4n) is 2.39. The van der Waals surface area contributed by atoms with E-state index in [9.17, 15) is 39.4 Å². The number of nitro benzene ring substituents is 2. The Morgan fingerprint density at radius 1 is 0.735 bits per heavy atom. The predicted octanol–water partition coefficient (Wildman–Crippen LogP) is 2.08. The van der Waals surface area contributed by atoms with Gasteiger partial charge in [-0.3, -0.25) is 49.1 Å². The summed E-state index contributed by atoms with van der Waals surface area (Å²) in [4.78, 5) is 73.9. The number of nitrogens with zero attached hydrogens (tertiary/aromatic N) is 4. The van der Waals surface area contributed by atoms with Gasteiger partial charge in [-0.25, -0.2) is 10.1 Å². The number of nitro groups is 2. The minimum atomic E-state index is -0.687. The molecule has 0 saturated heterocycles. The van der Waals surface area contributed by atoms with Crippen molar-refractivity contribution < 1.29 is 38.7 Å². The highest BCUT2D eigenvalue weighted by Gasteiger charge is 2.21. The van der Waals surface area contributed by atoms with Gasteiger partial charge in [-0.15, -0.1) is 0 Å². The van der Waals surface area contributed by atoms with Gasteiger partial charge in [0.2, 0.25) is 0 Å². The Morgan fingerprint density at radius 2 is 1.09 bits per heavy atom. The van der Waals surface area contributed by atoms with E-state index in [0.717, 1.165) is 34.4 Å². The van der Waals surface area contributed by atoms with Crippen molar-refractivity contribution in [2.75, 3.05) is 28.3 Å². The van der Waals surface area contributed by atoms with Crippen LogP contribution in [0.15, 0.2) is 36.4 Å². The largest absolute Gasteiger partial charge is 0.298 e. The Bertz CT molecular complexity index is 1050. The molecule has 180 valence electrons. The van der Waals surface area contributed by atoms with Gasteiger partial charge in [-0.1, -0.05) is 0 Å². The number of rotatable bonds is 8. The molecule has 14 nitrogen and oxygen atoms in total. The minimum Gasteiger partial charge on any atom is -0.298 e. The first-order chi connectivity index (χ1) is 16.0. The van der Waals surface area contributed by atoms with Gasteiger partial charge >= 0.3 is 0 Å². The molecule has 2 rings (SSSR count). The number of non-ortho nitro benzene ring substituents is 2. The van der Waals surface area contributed by atoms with Crippen LogP contribution in [0.2, 0.25) is 0 Å². The summed E-state index contributed by atoms with van der Waals surface area (Å²) in [6, 6.07) is 6.89. The van der Waals surface area contributed by atoms with Gasteiger partial charge in [-0.05, 0) is 12.1 Å². The molecule has 0 atom stereocenters. The summed E-state index contributed by atoms with van der Waals surface area (Å²) in [7, 11) is 5.26. The molecule has 0 aliphatic heterocycles. The van der Waals surface area contributed by atoms with Crippen molar-refractivity contribution >= 4 is 35.8 Å². The number of carbonyl (C=O) groups is 4. The number of hydrogen-bond acceptors (Lipinski definition) is 10. The highest BCUT2D eigenvalue weighted by atomic mass is 16.7. The number of hydrogen-bond donors (Lipinski definition) is 0. The number of carbonyl (C=O) groups excluding carboxylic acids is 4. The molecule has 2 aromatic rings. The highest BCUT2D eigenvalue weighted by Crippen LogP contribution is 2.20. The van der Waals surface area contributed by atoms with E-state index >= 15 is 0 Å². The average molecular weight is 476 g/mol. The van der Waals surface area contributed by atoms with Crippen LogP contribution in [0, 0.1) is 20.2 Å². The minimum absolute atomic E-state index is 0.0404. The van der Waals surface area contributed by atoms with Crippen LogP contribution in [-0.2, 0) is 9.68 Å². The Labute approximate surface area is 192 Å². The summed E-state index contributed by atoms with van der Waals surface area (Å²) in [5.74, 6) is -1.23. The van der Waals surface area contributed by atoms with Crippen LogP contribution in [-0.4, -0.2) is 72.7 Å².